The SMILES string of the molecule is CCOC(=O)/C(=C\c1ccc(OC)c(OC)c1)C(=O)COC(C)=O. The number of ketones is 1. The molecule has 0 aliphatic carbocycles. The second kappa shape index (κ2) is 9.34. The molecule has 0 atom stereocenters. The van der Waals surface area contributed by atoms with Gasteiger partial charge >= 0.3 is 11.9 Å². The first-order valence-electron chi connectivity index (χ1n) is 7.20. The van der Waals surface area contributed by atoms with E-state index in [9.17, 15) is 14.4 Å². The third-order valence-electron chi connectivity index (χ3n) is 2.92. The van der Waals surface area contributed by atoms with Crippen molar-refractivity contribution < 1.29 is 33.3 Å². The normalized spacial score (nSPS) is 10.8. The standard InChI is InChI=1S/C17H20O7/c1-5-23-17(20)13(14(19)10-24-11(2)18)8-12-6-7-15(21-3)16(9-12)22-4/h6-9H,5,10H2,1-4H3/b13-8-. The largest absolute Gasteiger partial charge is 0.493 e. The smallest absolute Gasteiger partial charge is 0.341 e. The van der Waals surface area contributed by atoms with Crippen molar-refractivity contribution in [1.82, 2.24) is 0 Å². The van der Waals surface area contributed by atoms with Crippen LogP contribution in [0.1, 0.15) is 19.4 Å². The highest BCUT2D eigenvalue weighted by molar-refractivity contribution is 6.21. The van der Waals surface area contributed by atoms with Gasteiger partial charge in [0, 0.05) is 6.92 Å². The summed E-state index contributed by atoms with van der Waals surface area (Å²) in [7, 11) is 2.98. The van der Waals surface area contributed by atoms with E-state index in [0.29, 0.717) is 17.1 Å². The maximum atomic E-state index is 12.1. The third kappa shape index (κ3) is 5.42. The van der Waals surface area contributed by atoms with Crippen LogP contribution in [0.2, 0.25) is 0 Å². The molecule has 0 unspecified atom stereocenters. The summed E-state index contributed by atoms with van der Waals surface area (Å²) in [5, 5.41) is 0. The van der Waals surface area contributed by atoms with Crippen molar-refractivity contribution in [2.24, 2.45) is 0 Å². The Bertz CT molecular complexity index is 646. The van der Waals surface area contributed by atoms with Crippen LogP contribution in [0.3, 0.4) is 0 Å². The molecule has 24 heavy (non-hydrogen) atoms. The molecule has 0 aliphatic rings. The quantitative estimate of drug-likeness (QED) is 0.309. The summed E-state index contributed by atoms with van der Waals surface area (Å²) in [6.45, 7) is 2.38. The molecule has 7 heteroatoms. The number of carbonyl (C=O) groups excluding carboxylic acids is 3. The van der Waals surface area contributed by atoms with Gasteiger partial charge in [0.05, 0.1) is 20.8 Å². The van der Waals surface area contributed by atoms with E-state index in [4.69, 9.17) is 14.2 Å². The zero-order valence-electron chi connectivity index (χ0n) is 14.1. The summed E-state index contributed by atoms with van der Waals surface area (Å²) >= 11 is 0. The topological polar surface area (TPSA) is 88.1 Å². The Morgan fingerprint density at radius 3 is 2.25 bits per heavy atom. The Morgan fingerprint density at radius 2 is 1.71 bits per heavy atom. The van der Waals surface area contributed by atoms with Gasteiger partial charge in [0.1, 0.15) is 5.57 Å². The monoisotopic (exact) mass is 336 g/mol. The first-order valence-corrected chi connectivity index (χ1v) is 7.20. The van der Waals surface area contributed by atoms with Crippen LogP contribution in [0.5, 0.6) is 11.5 Å². The molecule has 1 aromatic carbocycles. The van der Waals surface area contributed by atoms with Crippen LogP contribution in [0.4, 0.5) is 0 Å². The molecule has 0 N–H and O–H groups in total. The molecule has 0 radical (unpaired) electrons. The number of benzene rings is 1. The number of esters is 2. The number of hydrogen-bond acceptors (Lipinski definition) is 7. The zero-order valence-corrected chi connectivity index (χ0v) is 14.1. The first kappa shape index (κ1) is 19.2. The number of ether oxygens (including phenoxy) is 4. The summed E-state index contributed by atoms with van der Waals surface area (Å²) in [4.78, 5) is 35.0. The summed E-state index contributed by atoms with van der Waals surface area (Å²) in [6.07, 6.45) is 1.35. The number of methoxy groups -OCH3 is 2. The fraction of sp³-hybridized carbons (Fsp3) is 0.353. The predicted molar refractivity (Wildman–Crippen MR) is 85.8 cm³/mol. The minimum absolute atomic E-state index is 0.114. The molecular formula is C17H20O7. The van der Waals surface area contributed by atoms with Crippen molar-refractivity contribution in [3.8, 4) is 11.5 Å². The molecule has 1 rings (SSSR count). The zero-order chi connectivity index (χ0) is 18.1. The molecule has 7 nitrogen and oxygen atoms in total. The van der Waals surface area contributed by atoms with Crippen LogP contribution in [0, 0.1) is 0 Å². The lowest BCUT2D eigenvalue weighted by molar-refractivity contribution is -0.147. The van der Waals surface area contributed by atoms with Crippen molar-refractivity contribution >= 4 is 23.8 Å². The highest BCUT2D eigenvalue weighted by Crippen LogP contribution is 2.28. The molecule has 0 aromatic heterocycles. The van der Waals surface area contributed by atoms with Crippen molar-refractivity contribution in [3.05, 3.63) is 29.3 Å². The first-order chi connectivity index (χ1) is 11.4. The molecule has 0 fully saturated rings. The number of carbonyl (C=O) groups is 3. The molecule has 0 amide bonds. The second-order valence-electron chi connectivity index (χ2n) is 4.60. The minimum atomic E-state index is -0.788. The molecule has 0 heterocycles. The molecule has 0 saturated heterocycles. The van der Waals surface area contributed by atoms with E-state index in [0.717, 1.165) is 0 Å². The molecule has 0 spiro atoms. The van der Waals surface area contributed by atoms with Crippen LogP contribution in [0.25, 0.3) is 6.08 Å². The Labute approximate surface area is 140 Å². The van der Waals surface area contributed by atoms with Crippen LogP contribution >= 0.6 is 0 Å². The van der Waals surface area contributed by atoms with Gasteiger partial charge in [0.15, 0.2) is 18.1 Å². The Balaban J connectivity index is 3.17. The van der Waals surface area contributed by atoms with Gasteiger partial charge in [-0.2, -0.15) is 0 Å². The fourth-order valence-corrected chi connectivity index (χ4v) is 1.82. The van der Waals surface area contributed by atoms with Crippen molar-refractivity contribution in [1.29, 1.82) is 0 Å². The lowest BCUT2D eigenvalue weighted by Crippen LogP contribution is -2.21. The third-order valence-corrected chi connectivity index (χ3v) is 2.92. The maximum absolute atomic E-state index is 12.1. The van der Waals surface area contributed by atoms with Crippen molar-refractivity contribution in [3.63, 3.8) is 0 Å². The summed E-state index contributed by atoms with van der Waals surface area (Å²) in [5.41, 5.74) is 0.317. The van der Waals surface area contributed by atoms with Gasteiger partial charge in [-0.15, -0.1) is 0 Å². The molecule has 0 bridgehead atoms. The van der Waals surface area contributed by atoms with Crippen LogP contribution in [-0.4, -0.2) is 45.2 Å². The molecule has 0 aliphatic heterocycles. The number of rotatable bonds is 8. The van der Waals surface area contributed by atoms with Gasteiger partial charge in [-0.1, -0.05) is 6.07 Å². The summed E-state index contributed by atoms with van der Waals surface area (Å²) in [6, 6.07) is 4.90. The second-order valence-corrected chi connectivity index (χ2v) is 4.60. The Morgan fingerprint density at radius 1 is 1.04 bits per heavy atom. The molecule has 0 saturated carbocycles. The van der Waals surface area contributed by atoms with E-state index < -0.39 is 24.3 Å². The van der Waals surface area contributed by atoms with Crippen LogP contribution in [0.15, 0.2) is 23.8 Å². The minimum Gasteiger partial charge on any atom is -0.493 e. The van der Waals surface area contributed by atoms with E-state index >= 15 is 0 Å². The predicted octanol–water partition coefficient (Wildman–Crippen LogP) is 1.78. The van der Waals surface area contributed by atoms with E-state index in [1.807, 2.05) is 0 Å². The molecule has 1 aromatic rings. The van der Waals surface area contributed by atoms with Gasteiger partial charge in [0.2, 0.25) is 5.78 Å². The lowest BCUT2D eigenvalue weighted by atomic mass is 10.1. The highest BCUT2D eigenvalue weighted by Gasteiger charge is 2.21. The van der Waals surface area contributed by atoms with E-state index in [1.165, 1.54) is 27.2 Å². The number of hydrogen-bond donors (Lipinski definition) is 0. The average Bonchev–Trinajstić information content (AvgIpc) is 2.57. The van der Waals surface area contributed by atoms with Gasteiger partial charge in [-0.05, 0) is 30.7 Å². The maximum Gasteiger partial charge on any atom is 0.341 e. The van der Waals surface area contributed by atoms with Gasteiger partial charge in [-0.25, -0.2) is 4.79 Å². The Kier molecular flexibility index (Phi) is 7.48. The van der Waals surface area contributed by atoms with Gasteiger partial charge < -0.3 is 18.9 Å². The van der Waals surface area contributed by atoms with Crippen LogP contribution < -0.4 is 9.47 Å². The van der Waals surface area contributed by atoms with Gasteiger partial charge in [-0.3, -0.25) is 9.59 Å². The Hall–Kier alpha value is -2.83. The molecular weight excluding hydrogens is 316 g/mol. The van der Waals surface area contributed by atoms with Crippen molar-refractivity contribution in [2.45, 2.75) is 13.8 Å². The summed E-state index contributed by atoms with van der Waals surface area (Å²) < 4.78 is 19.8. The van der Waals surface area contributed by atoms with Gasteiger partial charge in [0.25, 0.3) is 0 Å². The highest BCUT2D eigenvalue weighted by atomic mass is 16.5. The van der Waals surface area contributed by atoms with E-state index in [1.54, 1.807) is 25.1 Å². The average molecular weight is 336 g/mol. The molecule has 130 valence electrons. The summed E-state index contributed by atoms with van der Waals surface area (Å²) in [5.74, 6) is -1.10. The van der Waals surface area contributed by atoms with Crippen LogP contribution in [-0.2, 0) is 23.9 Å². The van der Waals surface area contributed by atoms with E-state index in [2.05, 4.69) is 4.74 Å². The fourth-order valence-electron chi connectivity index (χ4n) is 1.82. The van der Waals surface area contributed by atoms with E-state index in [-0.39, 0.29) is 12.2 Å². The van der Waals surface area contributed by atoms with Crippen molar-refractivity contribution in [2.75, 3.05) is 27.4 Å². The lowest BCUT2D eigenvalue weighted by Gasteiger charge is -2.09. The number of Topliss-reactive ketones (excluding diaryl/α,β-unsaturated/α-hetero) is 1.